The van der Waals surface area contributed by atoms with Gasteiger partial charge in [0.25, 0.3) is 5.91 Å². The summed E-state index contributed by atoms with van der Waals surface area (Å²) in [5.41, 5.74) is 9.64. The molecule has 0 aliphatic heterocycles. The Hall–Kier alpha value is -3.44. The molecule has 2 aromatic carbocycles. The Balaban J connectivity index is 1.69. The van der Waals surface area contributed by atoms with E-state index in [2.05, 4.69) is 15.0 Å². The number of primary amides is 1. The second-order valence-corrected chi connectivity index (χ2v) is 6.39. The molecule has 0 aliphatic rings. The molecule has 2 aromatic heterocycles. The highest BCUT2D eigenvalue weighted by Gasteiger charge is 2.13. The van der Waals surface area contributed by atoms with E-state index in [-0.39, 0.29) is 0 Å². The van der Waals surface area contributed by atoms with E-state index in [1.165, 1.54) is 0 Å². The summed E-state index contributed by atoms with van der Waals surface area (Å²) in [7, 11) is 0. The minimum absolute atomic E-state index is 0.376. The van der Waals surface area contributed by atoms with Gasteiger partial charge in [-0.3, -0.25) is 9.78 Å². The number of carbonyl (C=O) groups is 1. The summed E-state index contributed by atoms with van der Waals surface area (Å²) < 4.78 is 0. The number of nitrogens with two attached hydrogens (primary N) is 1. The molecule has 0 spiro atoms. The maximum atomic E-state index is 11.6. The number of imidazole rings is 1. The van der Waals surface area contributed by atoms with Crippen molar-refractivity contribution >= 4 is 40.7 Å². The van der Waals surface area contributed by atoms with Crippen LogP contribution in [0.4, 0.5) is 0 Å². The second-order valence-electron chi connectivity index (χ2n) is 5.98. The molecule has 27 heavy (non-hydrogen) atoms. The number of hydrogen-bond acceptors (Lipinski definition) is 3. The Morgan fingerprint density at radius 1 is 1.07 bits per heavy atom. The Labute approximate surface area is 160 Å². The van der Waals surface area contributed by atoms with Gasteiger partial charge in [-0.15, -0.1) is 0 Å². The first-order chi connectivity index (χ1) is 13.1. The van der Waals surface area contributed by atoms with Gasteiger partial charge in [0, 0.05) is 11.8 Å². The van der Waals surface area contributed by atoms with E-state index in [1.54, 1.807) is 18.3 Å². The van der Waals surface area contributed by atoms with Crippen molar-refractivity contribution in [2.24, 2.45) is 5.73 Å². The Bertz CT molecular complexity index is 1170. The molecule has 0 fully saturated rings. The molecule has 132 valence electrons. The Morgan fingerprint density at radius 3 is 2.70 bits per heavy atom. The molecular formula is C21H15ClN4O. The van der Waals surface area contributed by atoms with E-state index in [4.69, 9.17) is 17.3 Å². The number of aromatic nitrogens is 3. The van der Waals surface area contributed by atoms with Crippen molar-refractivity contribution in [3.8, 4) is 11.4 Å². The monoisotopic (exact) mass is 374 g/mol. The average molecular weight is 375 g/mol. The van der Waals surface area contributed by atoms with Gasteiger partial charge in [-0.05, 0) is 48.0 Å². The van der Waals surface area contributed by atoms with Gasteiger partial charge in [-0.1, -0.05) is 35.9 Å². The smallest absolute Gasteiger partial charge is 0.250 e. The van der Waals surface area contributed by atoms with Gasteiger partial charge in [0.15, 0.2) is 0 Å². The highest BCUT2D eigenvalue weighted by Crippen LogP contribution is 2.29. The van der Waals surface area contributed by atoms with E-state index >= 15 is 0 Å². The SMILES string of the molecule is NC(=O)c1cccc2[nH]c(-c3ccc(C=Cc4ccccn4)cc3Cl)nc12. The number of amides is 1. The first-order valence-corrected chi connectivity index (χ1v) is 8.67. The van der Waals surface area contributed by atoms with Crippen LogP contribution in [0.15, 0.2) is 60.8 Å². The third-order valence-electron chi connectivity index (χ3n) is 4.16. The maximum Gasteiger partial charge on any atom is 0.250 e. The Kier molecular flexibility index (Phi) is 4.44. The van der Waals surface area contributed by atoms with Crippen LogP contribution in [0.5, 0.6) is 0 Å². The summed E-state index contributed by atoms with van der Waals surface area (Å²) in [5.74, 6) is 0.0729. The number of aromatic amines is 1. The van der Waals surface area contributed by atoms with Gasteiger partial charge in [0.05, 0.1) is 21.8 Å². The number of pyridine rings is 1. The van der Waals surface area contributed by atoms with Crippen LogP contribution in [0, 0.1) is 0 Å². The average Bonchev–Trinajstić information content (AvgIpc) is 3.11. The van der Waals surface area contributed by atoms with E-state index in [0.29, 0.717) is 21.9 Å². The molecule has 0 radical (unpaired) electrons. The minimum Gasteiger partial charge on any atom is -0.366 e. The number of nitrogens with zero attached hydrogens (tertiary/aromatic N) is 2. The third-order valence-corrected chi connectivity index (χ3v) is 4.47. The number of carbonyl (C=O) groups excluding carboxylic acids is 1. The van der Waals surface area contributed by atoms with Crippen molar-refractivity contribution in [2.75, 3.05) is 0 Å². The molecule has 4 aromatic rings. The largest absolute Gasteiger partial charge is 0.366 e. The molecule has 0 bridgehead atoms. The summed E-state index contributed by atoms with van der Waals surface area (Å²) in [5, 5.41) is 0.554. The summed E-state index contributed by atoms with van der Waals surface area (Å²) in [4.78, 5) is 23.6. The van der Waals surface area contributed by atoms with Gasteiger partial charge in [0.2, 0.25) is 0 Å². The molecule has 4 rings (SSSR count). The molecule has 2 heterocycles. The van der Waals surface area contributed by atoms with Crippen molar-refractivity contribution in [1.82, 2.24) is 15.0 Å². The van der Waals surface area contributed by atoms with Crippen LogP contribution in [-0.2, 0) is 0 Å². The molecule has 3 N–H and O–H groups in total. The van der Waals surface area contributed by atoms with Crippen LogP contribution in [0.2, 0.25) is 5.02 Å². The second kappa shape index (κ2) is 7.05. The molecule has 0 saturated carbocycles. The zero-order valence-corrected chi connectivity index (χ0v) is 14.9. The number of benzene rings is 2. The van der Waals surface area contributed by atoms with Crippen LogP contribution < -0.4 is 5.73 Å². The number of fused-ring (bicyclic) bond motifs is 1. The fraction of sp³-hybridized carbons (Fsp3) is 0. The molecule has 5 nitrogen and oxygen atoms in total. The van der Waals surface area contributed by atoms with Crippen LogP contribution in [0.1, 0.15) is 21.6 Å². The van der Waals surface area contributed by atoms with Crippen molar-refractivity contribution in [3.63, 3.8) is 0 Å². The van der Waals surface area contributed by atoms with E-state index in [0.717, 1.165) is 22.3 Å². The van der Waals surface area contributed by atoms with Crippen molar-refractivity contribution in [3.05, 3.63) is 82.6 Å². The molecule has 1 amide bonds. The van der Waals surface area contributed by atoms with Crippen molar-refractivity contribution in [2.45, 2.75) is 0 Å². The number of H-pyrrole nitrogens is 1. The molecule has 6 heteroatoms. The normalized spacial score (nSPS) is 11.3. The van der Waals surface area contributed by atoms with E-state index < -0.39 is 5.91 Å². The van der Waals surface area contributed by atoms with Crippen LogP contribution >= 0.6 is 11.6 Å². The molecule has 0 saturated heterocycles. The van der Waals surface area contributed by atoms with E-state index in [1.807, 2.05) is 54.6 Å². The van der Waals surface area contributed by atoms with Gasteiger partial charge < -0.3 is 10.7 Å². The lowest BCUT2D eigenvalue weighted by Crippen LogP contribution is -2.11. The topological polar surface area (TPSA) is 84.7 Å². The molecule has 0 unspecified atom stereocenters. The van der Waals surface area contributed by atoms with Gasteiger partial charge in [-0.2, -0.15) is 0 Å². The first kappa shape index (κ1) is 17.0. The predicted octanol–water partition coefficient (Wildman–Crippen LogP) is 4.55. The third kappa shape index (κ3) is 3.45. The number of nitrogens with one attached hydrogen (secondary N) is 1. The highest BCUT2D eigenvalue weighted by molar-refractivity contribution is 6.33. The number of hydrogen-bond donors (Lipinski definition) is 2. The highest BCUT2D eigenvalue weighted by atomic mass is 35.5. The van der Waals surface area contributed by atoms with E-state index in [9.17, 15) is 4.79 Å². The van der Waals surface area contributed by atoms with Crippen LogP contribution in [0.3, 0.4) is 0 Å². The zero-order chi connectivity index (χ0) is 18.8. The Morgan fingerprint density at radius 2 is 1.96 bits per heavy atom. The lowest BCUT2D eigenvalue weighted by molar-refractivity contribution is 0.100. The zero-order valence-electron chi connectivity index (χ0n) is 14.2. The summed E-state index contributed by atoms with van der Waals surface area (Å²) in [6.07, 6.45) is 5.62. The molecule has 0 atom stereocenters. The van der Waals surface area contributed by atoms with Crippen molar-refractivity contribution < 1.29 is 4.79 Å². The van der Waals surface area contributed by atoms with Gasteiger partial charge in [0.1, 0.15) is 11.3 Å². The molecular weight excluding hydrogens is 360 g/mol. The standard InChI is InChI=1S/C21H15ClN4O/c22-17-12-13(7-9-14-4-1-2-11-24-14)8-10-15(17)21-25-18-6-3-5-16(20(23)27)19(18)26-21/h1-12H,(H2,23,27)(H,25,26). The number of halogens is 1. The minimum atomic E-state index is -0.514. The summed E-state index contributed by atoms with van der Waals surface area (Å²) in [6, 6.07) is 16.7. The number of rotatable bonds is 4. The fourth-order valence-corrected chi connectivity index (χ4v) is 3.12. The van der Waals surface area contributed by atoms with Crippen molar-refractivity contribution in [1.29, 1.82) is 0 Å². The van der Waals surface area contributed by atoms with Gasteiger partial charge in [-0.25, -0.2) is 4.98 Å². The predicted molar refractivity (Wildman–Crippen MR) is 108 cm³/mol. The number of para-hydroxylation sites is 1. The fourth-order valence-electron chi connectivity index (χ4n) is 2.84. The van der Waals surface area contributed by atoms with Gasteiger partial charge >= 0.3 is 0 Å². The van der Waals surface area contributed by atoms with Crippen LogP contribution in [-0.4, -0.2) is 20.9 Å². The summed E-state index contributed by atoms with van der Waals surface area (Å²) >= 11 is 6.47. The summed E-state index contributed by atoms with van der Waals surface area (Å²) in [6.45, 7) is 0. The lowest BCUT2D eigenvalue weighted by atomic mass is 10.1. The quantitative estimate of drug-likeness (QED) is 0.549. The molecule has 0 aliphatic carbocycles. The lowest BCUT2D eigenvalue weighted by Gasteiger charge is -2.02. The first-order valence-electron chi connectivity index (χ1n) is 8.29. The van der Waals surface area contributed by atoms with Crippen LogP contribution in [0.25, 0.3) is 34.6 Å². The maximum absolute atomic E-state index is 11.6.